The first kappa shape index (κ1) is 24.5. The second kappa shape index (κ2) is 10.7. The van der Waals surface area contributed by atoms with Gasteiger partial charge in [-0.2, -0.15) is 0 Å². The molecule has 0 radical (unpaired) electrons. The first-order chi connectivity index (χ1) is 17.4. The molecule has 2 aromatic carbocycles. The lowest BCUT2D eigenvalue weighted by Gasteiger charge is -2.17. The van der Waals surface area contributed by atoms with Crippen LogP contribution in [-0.4, -0.2) is 48.2 Å². The first-order valence-electron chi connectivity index (χ1n) is 11.5. The Morgan fingerprint density at radius 2 is 1.94 bits per heavy atom. The van der Waals surface area contributed by atoms with Crippen molar-refractivity contribution < 1.29 is 9.53 Å². The molecule has 7 nitrogen and oxygen atoms in total. The van der Waals surface area contributed by atoms with Gasteiger partial charge < -0.3 is 19.9 Å². The van der Waals surface area contributed by atoms with Gasteiger partial charge >= 0.3 is 0 Å². The molecule has 0 aliphatic carbocycles. The van der Waals surface area contributed by atoms with Crippen LogP contribution in [0, 0.1) is 0 Å². The smallest absolute Gasteiger partial charge is 0.255 e. The maximum Gasteiger partial charge on any atom is 0.255 e. The lowest BCUT2D eigenvalue weighted by molar-refractivity contribution is 0.0828. The minimum atomic E-state index is -0.105. The Balaban J connectivity index is 1.78. The lowest BCUT2D eigenvalue weighted by Crippen LogP contribution is -2.23. The molecule has 2 heterocycles. The number of allylic oxidation sites excluding steroid dienone is 2. The van der Waals surface area contributed by atoms with Crippen molar-refractivity contribution in [3.63, 3.8) is 0 Å². The van der Waals surface area contributed by atoms with E-state index in [0.29, 0.717) is 11.3 Å². The van der Waals surface area contributed by atoms with Gasteiger partial charge in [-0.05, 0) is 36.8 Å². The van der Waals surface area contributed by atoms with Gasteiger partial charge in [0, 0.05) is 66.7 Å². The molecule has 0 bridgehead atoms. The Hall–Kier alpha value is -4.65. The number of nitrogens with zero attached hydrogens (tertiary/aromatic N) is 3. The van der Waals surface area contributed by atoms with Gasteiger partial charge in [0.25, 0.3) is 5.91 Å². The van der Waals surface area contributed by atoms with Crippen LogP contribution in [0.4, 0.5) is 5.69 Å². The Morgan fingerprint density at radius 1 is 1.14 bits per heavy atom. The van der Waals surface area contributed by atoms with E-state index in [-0.39, 0.29) is 5.91 Å². The number of fused-ring (bicyclic) bond motifs is 1. The van der Waals surface area contributed by atoms with E-state index in [1.54, 1.807) is 44.6 Å². The number of ether oxygens (including phenoxy) is 1. The highest BCUT2D eigenvalue weighted by molar-refractivity contribution is 6.02. The number of hydrogen-bond donors (Lipinski definition) is 2. The van der Waals surface area contributed by atoms with E-state index in [1.807, 2.05) is 61.8 Å². The fraction of sp³-hybridized carbons (Fsp3) is 0.138. The van der Waals surface area contributed by atoms with Crippen LogP contribution in [0.2, 0.25) is 0 Å². The van der Waals surface area contributed by atoms with Crippen molar-refractivity contribution in [3.8, 4) is 28.0 Å². The number of pyridine rings is 1. The fourth-order valence-corrected chi connectivity index (χ4v) is 3.96. The fourth-order valence-electron chi connectivity index (χ4n) is 3.96. The second-order valence-corrected chi connectivity index (χ2v) is 8.45. The number of aromatic amines is 1. The zero-order valence-corrected chi connectivity index (χ0v) is 20.9. The van der Waals surface area contributed by atoms with Gasteiger partial charge in [0.1, 0.15) is 11.4 Å². The molecule has 4 aromatic rings. The zero-order chi connectivity index (χ0) is 25.7. The number of methoxy groups -OCH3 is 1. The van der Waals surface area contributed by atoms with E-state index in [0.717, 1.165) is 44.7 Å². The number of para-hydroxylation sites is 1. The molecule has 0 atom stereocenters. The van der Waals surface area contributed by atoms with Gasteiger partial charge in [-0.1, -0.05) is 36.9 Å². The summed E-state index contributed by atoms with van der Waals surface area (Å²) in [5.41, 5.74) is 6.60. The summed E-state index contributed by atoms with van der Waals surface area (Å²) in [6.07, 6.45) is 8.64. The molecule has 0 spiro atoms. The Labute approximate surface area is 210 Å². The molecule has 0 aliphatic heterocycles. The van der Waals surface area contributed by atoms with Crippen LogP contribution in [0.1, 0.15) is 17.3 Å². The predicted octanol–water partition coefficient (Wildman–Crippen LogP) is 6.14. The molecule has 4 rings (SSSR count). The molecule has 7 heteroatoms. The molecule has 36 heavy (non-hydrogen) atoms. The number of anilines is 1. The summed E-state index contributed by atoms with van der Waals surface area (Å²) in [4.78, 5) is 26.7. The van der Waals surface area contributed by atoms with Crippen LogP contribution < -0.4 is 10.1 Å². The van der Waals surface area contributed by atoms with Crippen molar-refractivity contribution in [2.45, 2.75) is 6.92 Å². The third-order valence-corrected chi connectivity index (χ3v) is 5.71. The standard InChI is InChI=1S/C29H29N5O2/c1-6-13-30-16-19(2)33-26-12-11-20(14-24(26)29(35)34(3)4)21-15-23-25(18-32-28(23)31-17-21)22-9-7-8-10-27(22)36-5/h6-18,33H,1H2,2-5H3,(H,31,32)/b19-16+,30-13?. The lowest BCUT2D eigenvalue weighted by atomic mass is 9.99. The Kier molecular flexibility index (Phi) is 7.30. The monoisotopic (exact) mass is 479 g/mol. The summed E-state index contributed by atoms with van der Waals surface area (Å²) in [6, 6.07) is 15.8. The van der Waals surface area contributed by atoms with E-state index >= 15 is 0 Å². The van der Waals surface area contributed by atoms with Gasteiger partial charge in [-0.15, -0.1) is 0 Å². The Morgan fingerprint density at radius 3 is 2.69 bits per heavy atom. The maximum atomic E-state index is 13.1. The van der Waals surface area contributed by atoms with Crippen molar-refractivity contribution in [1.82, 2.24) is 14.9 Å². The normalized spacial score (nSPS) is 11.6. The third-order valence-electron chi connectivity index (χ3n) is 5.71. The van der Waals surface area contributed by atoms with Crippen molar-refractivity contribution in [3.05, 3.63) is 91.0 Å². The number of rotatable bonds is 8. The molecular weight excluding hydrogens is 450 g/mol. The number of hydrogen-bond acceptors (Lipinski definition) is 5. The number of H-pyrrole nitrogens is 1. The average Bonchev–Trinajstić information content (AvgIpc) is 3.31. The zero-order valence-electron chi connectivity index (χ0n) is 20.9. The maximum absolute atomic E-state index is 13.1. The van der Waals surface area contributed by atoms with Gasteiger partial charge in [-0.25, -0.2) is 4.98 Å². The summed E-state index contributed by atoms with van der Waals surface area (Å²) >= 11 is 0. The number of carbonyl (C=O) groups is 1. The average molecular weight is 480 g/mol. The van der Waals surface area contributed by atoms with Crippen LogP contribution in [0.5, 0.6) is 5.75 Å². The minimum Gasteiger partial charge on any atom is -0.496 e. The molecule has 2 N–H and O–H groups in total. The van der Waals surface area contributed by atoms with Crippen LogP contribution in [-0.2, 0) is 0 Å². The van der Waals surface area contributed by atoms with Crippen LogP contribution in [0.25, 0.3) is 33.3 Å². The highest BCUT2D eigenvalue weighted by Crippen LogP contribution is 2.36. The highest BCUT2D eigenvalue weighted by atomic mass is 16.5. The number of nitrogens with one attached hydrogen (secondary N) is 2. The van der Waals surface area contributed by atoms with Gasteiger partial charge in [-0.3, -0.25) is 9.79 Å². The summed E-state index contributed by atoms with van der Waals surface area (Å²) < 4.78 is 5.57. The molecule has 0 unspecified atom stereocenters. The Bertz CT molecular complexity index is 1480. The van der Waals surface area contributed by atoms with Gasteiger partial charge in [0.15, 0.2) is 0 Å². The van der Waals surface area contributed by atoms with E-state index in [2.05, 4.69) is 32.9 Å². The van der Waals surface area contributed by atoms with Crippen molar-refractivity contribution >= 4 is 28.8 Å². The molecule has 0 saturated carbocycles. The van der Waals surface area contributed by atoms with Gasteiger partial charge in [0.2, 0.25) is 0 Å². The summed E-state index contributed by atoms with van der Waals surface area (Å²) in [6.45, 7) is 5.51. The molecule has 1 amide bonds. The second-order valence-electron chi connectivity index (χ2n) is 8.45. The van der Waals surface area contributed by atoms with Crippen molar-refractivity contribution in [2.75, 3.05) is 26.5 Å². The topological polar surface area (TPSA) is 82.6 Å². The van der Waals surface area contributed by atoms with E-state index in [4.69, 9.17) is 4.74 Å². The SMILES string of the molecule is C=CC=N/C=C(\C)Nc1ccc(-c2cnc3[nH]cc(-c4ccccc4OC)c3c2)cc1C(=O)N(C)C. The predicted molar refractivity (Wildman–Crippen MR) is 148 cm³/mol. The quantitative estimate of drug-likeness (QED) is 0.298. The number of aliphatic imine (C=N–C) groups is 1. The van der Waals surface area contributed by atoms with Crippen molar-refractivity contribution in [1.29, 1.82) is 0 Å². The molecular formula is C29H29N5O2. The highest BCUT2D eigenvalue weighted by Gasteiger charge is 2.17. The number of benzene rings is 2. The summed E-state index contributed by atoms with van der Waals surface area (Å²) in [7, 11) is 5.14. The van der Waals surface area contributed by atoms with E-state index < -0.39 is 0 Å². The van der Waals surface area contributed by atoms with E-state index in [1.165, 1.54) is 0 Å². The van der Waals surface area contributed by atoms with Gasteiger partial charge in [0.05, 0.1) is 18.4 Å². The number of amides is 1. The molecule has 2 aromatic heterocycles. The van der Waals surface area contributed by atoms with Crippen LogP contribution in [0.3, 0.4) is 0 Å². The molecule has 0 saturated heterocycles. The first-order valence-corrected chi connectivity index (χ1v) is 11.5. The molecule has 0 aliphatic rings. The van der Waals surface area contributed by atoms with Crippen molar-refractivity contribution in [2.24, 2.45) is 4.99 Å². The van der Waals surface area contributed by atoms with E-state index in [9.17, 15) is 4.79 Å². The minimum absolute atomic E-state index is 0.105. The number of aromatic nitrogens is 2. The molecule has 0 fully saturated rings. The number of carbonyl (C=O) groups excluding carboxylic acids is 1. The largest absolute Gasteiger partial charge is 0.496 e. The summed E-state index contributed by atoms with van der Waals surface area (Å²) in [5, 5.41) is 4.25. The van der Waals surface area contributed by atoms with Crippen LogP contribution in [0.15, 0.2) is 90.5 Å². The summed E-state index contributed by atoms with van der Waals surface area (Å²) in [5.74, 6) is 0.686. The van der Waals surface area contributed by atoms with Crippen LogP contribution >= 0.6 is 0 Å². The molecule has 182 valence electrons. The third kappa shape index (κ3) is 5.05.